The molecule has 0 bridgehead atoms. The fourth-order valence-electron chi connectivity index (χ4n) is 4.84. The van der Waals surface area contributed by atoms with Crippen LogP contribution >= 0.6 is 0 Å². The van der Waals surface area contributed by atoms with Gasteiger partial charge in [0.15, 0.2) is 5.82 Å². The highest BCUT2D eigenvalue weighted by molar-refractivity contribution is 6.00. The third-order valence-electron chi connectivity index (χ3n) is 7.06. The fourth-order valence-corrected chi connectivity index (χ4v) is 4.84. The Bertz CT molecular complexity index is 1400. The number of nitrogens with one attached hydrogen (secondary N) is 3. The quantitative estimate of drug-likeness (QED) is 0.359. The van der Waals surface area contributed by atoms with Gasteiger partial charge in [-0.25, -0.2) is 9.59 Å². The van der Waals surface area contributed by atoms with Crippen molar-refractivity contribution in [1.82, 2.24) is 20.3 Å². The van der Waals surface area contributed by atoms with Crippen LogP contribution in [0.5, 0.6) is 0 Å². The second-order valence-electron chi connectivity index (χ2n) is 10.0. The van der Waals surface area contributed by atoms with Crippen molar-refractivity contribution in [2.24, 2.45) is 0 Å². The zero-order valence-electron chi connectivity index (χ0n) is 23.6. The molecule has 3 amide bonds. The number of rotatable bonds is 7. The van der Waals surface area contributed by atoms with E-state index in [0.717, 1.165) is 31.5 Å². The van der Waals surface area contributed by atoms with Crippen LogP contribution in [0.4, 0.5) is 28.1 Å². The van der Waals surface area contributed by atoms with Crippen molar-refractivity contribution in [1.29, 1.82) is 0 Å². The smallest absolute Gasteiger partial charge is 0.337 e. The predicted molar refractivity (Wildman–Crippen MR) is 158 cm³/mol. The summed E-state index contributed by atoms with van der Waals surface area (Å²) in [4.78, 5) is 54.2. The molecule has 5 rings (SSSR count). The van der Waals surface area contributed by atoms with Crippen molar-refractivity contribution < 1.29 is 23.9 Å². The van der Waals surface area contributed by atoms with Crippen molar-refractivity contribution in [2.45, 2.75) is 25.8 Å². The number of esters is 1. The number of benzene rings is 2. The number of carbonyl (C=O) groups excluding carboxylic acids is 3. The first kappa shape index (κ1) is 28.7. The second kappa shape index (κ2) is 13.3. The molecule has 42 heavy (non-hydrogen) atoms. The van der Waals surface area contributed by atoms with E-state index in [4.69, 9.17) is 24.4 Å². The van der Waals surface area contributed by atoms with E-state index in [1.165, 1.54) is 7.11 Å². The summed E-state index contributed by atoms with van der Waals surface area (Å²) in [6, 6.07) is 13.4. The summed E-state index contributed by atoms with van der Waals surface area (Å²) in [5, 5.41) is 8.55. The van der Waals surface area contributed by atoms with E-state index >= 15 is 0 Å². The Balaban J connectivity index is 1.29. The Kier molecular flexibility index (Phi) is 9.07. The molecule has 2 fully saturated rings. The van der Waals surface area contributed by atoms with Gasteiger partial charge < -0.3 is 35.2 Å². The van der Waals surface area contributed by atoms with Crippen LogP contribution in [-0.4, -0.2) is 85.4 Å². The third-order valence-corrected chi connectivity index (χ3v) is 7.06. The van der Waals surface area contributed by atoms with Crippen LogP contribution in [0.1, 0.15) is 30.1 Å². The minimum Gasteiger partial charge on any atom is -0.465 e. The van der Waals surface area contributed by atoms with Gasteiger partial charge in [0.1, 0.15) is 0 Å². The molecule has 3 aromatic rings. The molecule has 3 N–H and O–H groups in total. The average molecular weight is 575 g/mol. The summed E-state index contributed by atoms with van der Waals surface area (Å²) in [6.07, 6.45) is 1.62. The summed E-state index contributed by atoms with van der Waals surface area (Å²) < 4.78 is 10.2. The molecule has 0 unspecified atom stereocenters. The topological polar surface area (TPSA) is 151 Å². The number of hydrogen-bond acceptors (Lipinski definition) is 10. The molecular weight excluding hydrogens is 540 g/mol. The molecule has 0 radical (unpaired) electrons. The molecule has 220 valence electrons. The first-order chi connectivity index (χ1) is 20.4. The van der Waals surface area contributed by atoms with Gasteiger partial charge in [0.25, 0.3) is 0 Å². The second-order valence-corrected chi connectivity index (χ2v) is 10.0. The minimum absolute atomic E-state index is 0.0183. The van der Waals surface area contributed by atoms with E-state index in [1.807, 2.05) is 12.1 Å². The minimum atomic E-state index is -0.444. The van der Waals surface area contributed by atoms with E-state index in [9.17, 15) is 14.4 Å². The summed E-state index contributed by atoms with van der Waals surface area (Å²) in [7, 11) is 1.32. The van der Waals surface area contributed by atoms with E-state index in [0.29, 0.717) is 61.0 Å². The van der Waals surface area contributed by atoms with Crippen molar-refractivity contribution in [3.8, 4) is 11.4 Å². The van der Waals surface area contributed by atoms with E-state index in [1.54, 1.807) is 43.3 Å². The first-order valence-electron chi connectivity index (χ1n) is 13.9. The van der Waals surface area contributed by atoms with Gasteiger partial charge >= 0.3 is 12.0 Å². The number of nitrogens with zero attached hydrogens (tertiary/aromatic N) is 5. The lowest BCUT2D eigenvalue weighted by Gasteiger charge is -2.33. The molecule has 2 aliphatic heterocycles. The van der Waals surface area contributed by atoms with Gasteiger partial charge in [-0.2, -0.15) is 15.0 Å². The lowest BCUT2D eigenvalue weighted by molar-refractivity contribution is -0.119. The Hall–Kier alpha value is -4.78. The Morgan fingerprint density at radius 1 is 0.810 bits per heavy atom. The number of carbonyl (C=O) groups is 3. The number of anilines is 4. The molecule has 2 aliphatic rings. The van der Waals surface area contributed by atoms with Crippen LogP contribution in [-0.2, 0) is 14.3 Å². The zero-order chi connectivity index (χ0) is 29.5. The lowest BCUT2D eigenvalue weighted by atomic mass is 10.1. The Labute approximate surface area is 243 Å². The first-order valence-corrected chi connectivity index (χ1v) is 13.9. The highest BCUT2D eigenvalue weighted by Gasteiger charge is 2.24. The zero-order valence-corrected chi connectivity index (χ0v) is 23.6. The lowest BCUT2D eigenvalue weighted by Crippen LogP contribution is -2.45. The summed E-state index contributed by atoms with van der Waals surface area (Å²) in [5.74, 6) is 1.27. The van der Waals surface area contributed by atoms with Gasteiger partial charge in [-0.15, -0.1) is 0 Å². The maximum atomic E-state index is 12.5. The normalized spacial score (nSPS) is 15.6. The van der Waals surface area contributed by atoms with Crippen molar-refractivity contribution in [3.63, 3.8) is 0 Å². The predicted octanol–water partition coefficient (Wildman–Crippen LogP) is 2.91. The maximum absolute atomic E-state index is 12.5. The number of methoxy groups -OCH3 is 1. The SMILES string of the molecule is COC(=O)c1ccc(NC(=O)Nc2ccc(-c3nc(N4CCOCC4)nc(N4CCC(NC(C)=O)CC4)n3)cc2)cc1. The number of urea groups is 1. The standard InChI is InChI=1S/C29H34N8O5/c1-19(38)30-24-11-13-36(14-12-24)27-33-25(34-28(35-27)37-15-17-42-18-16-37)20-3-7-22(8-4-20)31-29(40)32-23-9-5-21(6-10-23)26(39)41-2/h3-10,24H,11-18H2,1-2H3,(H,30,38)(H2,31,32,40). The average Bonchev–Trinajstić information content (AvgIpc) is 3.01. The van der Waals surface area contributed by atoms with Gasteiger partial charge in [-0.1, -0.05) is 0 Å². The van der Waals surface area contributed by atoms with Gasteiger partial charge in [0.2, 0.25) is 17.8 Å². The van der Waals surface area contributed by atoms with Crippen LogP contribution in [0.25, 0.3) is 11.4 Å². The molecule has 3 heterocycles. The molecule has 1 aromatic heterocycles. The number of piperidine rings is 1. The summed E-state index contributed by atoms with van der Waals surface area (Å²) >= 11 is 0. The van der Waals surface area contributed by atoms with Gasteiger partial charge in [-0.3, -0.25) is 4.79 Å². The summed E-state index contributed by atoms with van der Waals surface area (Å²) in [5.41, 5.74) is 2.30. The largest absolute Gasteiger partial charge is 0.465 e. The van der Waals surface area contributed by atoms with Crippen LogP contribution in [0.15, 0.2) is 48.5 Å². The molecule has 13 nitrogen and oxygen atoms in total. The molecule has 0 atom stereocenters. The van der Waals surface area contributed by atoms with Crippen molar-refractivity contribution in [2.75, 3.05) is 66.9 Å². The highest BCUT2D eigenvalue weighted by Crippen LogP contribution is 2.25. The fraction of sp³-hybridized carbons (Fsp3) is 0.379. The molecule has 2 aromatic carbocycles. The van der Waals surface area contributed by atoms with Gasteiger partial charge in [0, 0.05) is 56.1 Å². The monoisotopic (exact) mass is 574 g/mol. The molecule has 2 saturated heterocycles. The molecule has 0 aliphatic carbocycles. The van der Waals surface area contributed by atoms with Gasteiger partial charge in [0.05, 0.1) is 25.9 Å². The number of hydrogen-bond donors (Lipinski definition) is 3. The van der Waals surface area contributed by atoms with Crippen molar-refractivity contribution in [3.05, 3.63) is 54.1 Å². The van der Waals surface area contributed by atoms with E-state index in [-0.39, 0.29) is 11.9 Å². The van der Waals surface area contributed by atoms with E-state index < -0.39 is 12.0 Å². The Morgan fingerprint density at radius 2 is 1.36 bits per heavy atom. The van der Waals surface area contributed by atoms with Crippen LogP contribution in [0, 0.1) is 0 Å². The number of aromatic nitrogens is 3. The van der Waals surface area contributed by atoms with Crippen LogP contribution in [0.3, 0.4) is 0 Å². The summed E-state index contributed by atoms with van der Waals surface area (Å²) in [6.45, 7) is 5.58. The highest BCUT2D eigenvalue weighted by atomic mass is 16.5. The molecule has 0 saturated carbocycles. The van der Waals surface area contributed by atoms with Crippen LogP contribution < -0.4 is 25.8 Å². The molecule has 0 spiro atoms. The number of amides is 3. The third kappa shape index (κ3) is 7.29. The maximum Gasteiger partial charge on any atom is 0.337 e. The molecule has 13 heteroatoms. The van der Waals surface area contributed by atoms with Crippen LogP contribution in [0.2, 0.25) is 0 Å². The van der Waals surface area contributed by atoms with Crippen molar-refractivity contribution >= 4 is 41.2 Å². The Morgan fingerprint density at radius 3 is 1.90 bits per heavy atom. The number of ether oxygens (including phenoxy) is 2. The van der Waals surface area contributed by atoms with E-state index in [2.05, 4.69) is 25.8 Å². The number of morpholine rings is 1. The molecular formula is C29H34N8O5. The van der Waals surface area contributed by atoms with Gasteiger partial charge in [-0.05, 0) is 61.4 Å².